The van der Waals surface area contributed by atoms with E-state index in [0.29, 0.717) is 21.6 Å². The van der Waals surface area contributed by atoms with Crippen LogP contribution in [0.2, 0.25) is 0 Å². The number of hydrogen-bond donors (Lipinski definition) is 2. The van der Waals surface area contributed by atoms with Crippen molar-refractivity contribution in [2.45, 2.75) is 19.4 Å². The highest BCUT2D eigenvalue weighted by molar-refractivity contribution is 7.18. The van der Waals surface area contributed by atoms with E-state index < -0.39 is 17.9 Å². The maximum Gasteiger partial charge on any atom is 0.259 e. The number of nitrogens with one attached hydrogen (secondary N) is 2. The molecule has 0 fully saturated rings. The molecule has 0 spiro atoms. The van der Waals surface area contributed by atoms with Crippen LogP contribution in [0.4, 0.5) is 5.13 Å². The molecule has 0 aliphatic carbocycles. The number of carbonyl (C=O) groups is 2. The SMILES string of the molecule is COc1cccc(OC)c1C(=O)NC(Cc1ccccc1)C(=O)Nc1nnc(-c2cccc(C)c2)s1. The molecular weight excluding hydrogens is 476 g/mol. The molecule has 184 valence electrons. The summed E-state index contributed by atoms with van der Waals surface area (Å²) in [5, 5.41) is 15.0. The minimum atomic E-state index is -0.888. The average molecular weight is 503 g/mol. The van der Waals surface area contributed by atoms with Gasteiger partial charge in [-0.1, -0.05) is 71.5 Å². The van der Waals surface area contributed by atoms with Crippen LogP contribution in [0, 0.1) is 6.92 Å². The predicted molar refractivity (Wildman–Crippen MR) is 140 cm³/mol. The lowest BCUT2D eigenvalue weighted by atomic mass is 10.0. The van der Waals surface area contributed by atoms with E-state index in [2.05, 4.69) is 20.8 Å². The van der Waals surface area contributed by atoms with Gasteiger partial charge >= 0.3 is 0 Å². The summed E-state index contributed by atoms with van der Waals surface area (Å²) >= 11 is 1.27. The van der Waals surface area contributed by atoms with Crippen molar-refractivity contribution in [2.75, 3.05) is 19.5 Å². The van der Waals surface area contributed by atoms with Crippen molar-refractivity contribution < 1.29 is 19.1 Å². The zero-order valence-corrected chi connectivity index (χ0v) is 21.0. The molecule has 3 aromatic carbocycles. The minimum absolute atomic E-state index is 0.214. The number of carbonyl (C=O) groups excluding carboxylic acids is 2. The van der Waals surface area contributed by atoms with E-state index in [1.807, 2.05) is 61.5 Å². The second-order valence-electron chi connectivity index (χ2n) is 8.02. The Bertz CT molecular complexity index is 1330. The number of aryl methyl sites for hydroxylation is 1. The van der Waals surface area contributed by atoms with Crippen LogP contribution in [0.15, 0.2) is 72.8 Å². The van der Waals surface area contributed by atoms with Gasteiger partial charge in [0.15, 0.2) is 0 Å². The molecule has 0 bridgehead atoms. The van der Waals surface area contributed by atoms with Gasteiger partial charge in [0, 0.05) is 12.0 Å². The fourth-order valence-electron chi connectivity index (χ4n) is 3.73. The van der Waals surface area contributed by atoms with Gasteiger partial charge in [-0.25, -0.2) is 0 Å². The zero-order valence-electron chi connectivity index (χ0n) is 20.1. The van der Waals surface area contributed by atoms with Crippen molar-refractivity contribution in [1.82, 2.24) is 15.5 Å². The molecular formula is C27H26N4O4S. The molecule has 0 aliphatic heterocycles. The third kappa shape index (κ3) is 5.87. The number of amides is 2. The molecule has 0 saturated heterocycles. The number of hydrogen-bond acceptors (Lipinski definition) is 7. The van der Waals surface area contributed by atoms with E-state index >= 15 is 0 Å². The molecule has 1 atom stereocenters. The number of ether oxygens (including phenoxy) is 2. The van der Waals surface area contributed by atoms with Crippen LogP contribution >= 0.6 is 11.3 Å². The van der Waals surface area contributed by atoms with Gasteiger partial charge in [0.05, 0.1) is 14.2 Å². The molecule has 0 radical (unpaired) electrons. The molecule has 2 N–H and O–H groups in total. The Labute approximate surface area is 213 Å². The number of methoxy groups -OCH3 is 2. The summed E-state index contributed by atoms with van der Waals surface area (Å²) in [4.78, 5) is 26.6. The molecule has 4 aromatic rings. The lowest BCUT2D eigenvalue weighted by Gasteiger charge is -2.19. The van der Waals surface area contributed by atoms with E-state index in [0.717, 1.165) is 16.7 Å². The van der Waals surface area contributed by atoms with Crippen molar-refractivity contribution in [2.24, 2.45) is 0 Å². The Kier molecular flexibility index (Phi) is 7.92. The number of aromatic nitrogens is 2. The van der Waals surface area contributed by atoms with Crippen molar-refractivity contribution in [3.63, 3.8) is 0 Å². The molecule has 36 heavy (non-hydrogen) atoms. The van der Waals surface area contributed by atoms with Gasteiger partial charge in [-0.15, -0.1) is 10.2 Å². The first-order valence-electron chi connectivity index (χ1n) is 11.3. The van der Waals surface area contributed by atoms with Gasteiger partial charge in [0.1, 0.15) is 28.1 Å². The lowest BCUT2D eigenvalue weighted by Crippen LogP contribution is -2.45. The molecule has 2 amide bonds. The number of anilines is 1. The maximum absolute atomic E-state index is 13.3. The van der Waals surface area contributed by atoms with E-state index in [9.17, 15) is 9.59 Å². The number of rotatable bonds is 9. The Morgan fingerprint density at radius 2 is 1.61 bits per heavy atom. The molecule has 4 rings (SSSR count). The first kappa shape index (κ1) is 24.9. The zero-order chi connectivity index (χ0) is 25.5. The van der Waals surface area contributed by atoms with Gasteiger partial charge in [-0.05, 0) is 30.7 Å². The van der Waals surface area contributed by atoms with Crippen molar-refractivity contribution >= 4 is 28.3 Å². The monoisotopic (exact) mass is 502 g/mol. The summed E-state index contributed by atoms with van der Waals surface area (Å²) in [5.41, 5.74) is 3.13. The number of benzene rings is 3. The highest BCUT2D eigenvalue weighted by Crippen LogP contribution is 2.29. The van der Waals surface area contributed by atoms with Gasteiger partial charge in [0.2, 0.25) is 11.0 Å². The largest absolute Gasteiger partial charge is 0.496 e. The molecule has 9 heteroatoms. The van der Waals surface area contributed by atoms with Crippen LogP contribution in [-0.4, -0.2) is 42.3 Å². The van der Waals surface area contributed by atoms with Crippen molar-refractivity contribution in [3.8, 4) is 22.1 Å². The third-order valence-electron chi connectivity index (χ3n) is 5.48. The summed E-state index contributed by atoms with van der Waals surface area (Å²) in [6.45, 7) is 2.00. The first-order valence-corrected chi connectivity index (χ1v) is 12.1. The van der Waals surface area contributed by atoms with Crippen LogP contribution in [0.3, 0.4) is 0 Å². The van der Waals surface area contributed by atoms with Crippen LogP contribution in [-0.2, 0) is 11.2 Å². The molecule has 1 unspecified atom stereocenters. The average Bonchev–Trinajstić information content (AvgIpc) is 3.36. The Balaban J connectivity index is 1.57. The Hall–Kier alpha value is -4.24. The summed E-state index contributed by atoms with van der Waals surface area (Å²) < 4.78 is 10.7. The van der Waals surface area contributed by atoms with E-state index in [4.69, 9.17) is 9.47 Å². The molecule has 0 aliphatic rings. The van der Waals surface area contributed by atoms with E-state index in [-0.39, 0.29) is 12.0 Å². The lowest BCUT2D eigenvalue weighted by molar-refractivity contribution is -0.118. The quantitative estimate of drug-likeness (QED) is 0.349. The van der Waals surface area contributed by atoms with Crippen LogP contribution in [0.1, 0.15) is 21.5 Å². The molecule has 0 saturated carbocycles. The first-order chi connectivity index (χ1) is 17.5. The Morgan fingerprint density at radius 1 is 0.917 bits per heavy atom. The summed E-state index contributed by atoms with van der Waals surface area (Å²) in [7, 11) is 2.95. The van der Waals surface area contributed by atoms with Crippen molar-refractivity contribution in [1.29, 1.82) is 0 Å². The van der Waals surface area contributed by atoms with Gasteiger partial charge < -0.3 is 14.8 Å². The van der Waals surface area contributed by atoms with Crippen molar-refractivity contribution in [3.05, 3.63) is 89.5 Å². The second-order valence-corrected chi connectivity index (χ2v) is 9.00. The highest BCUT2D eigenvalue weighted by atomic mass is 32.1. The summed E-state index contributed by atoms with van der Waals surface area (Å²) in [5.74, 6) is -0.207. The third-order valence-corrected chi connectivity index (χ3v) is 6.37. The highest BCUT2D eigenvalue weighted by Gasteiger charge is 2.26. The predicted octanol–water partition coefficient (Wildman–Crippen LogP) is 4.51. The fourth-order valence-corrected chi connectivity index (χ4v) is 4.47. The second kappa shape index (κ2) is 11.5. The van der Waals surface area contributed by atoms with Gasteiger partial charge in [-0.2, -0.15) is 0 Å². The summed E-state index contributed by atoms with van der Waals surface area (Å²) in [6.07, 6.45) is 0.277. The summed E-state index contributed by atoms with van der Waals surface area (Å²) in [6, 6.07) is 21.5. The minimum Gasteiger partial charge on any atom is -0.496 e. The van der Waals surface area contributed by atoms with Crippen LogP contribution in [0.5, 0.6) is 11.5 Å². The topological polar surface area (TPSA) is 102 Å². The Morgan fingerprint density at radius 3 is 2.28 bits per heavy atom. The van der Waals surface area contributed by atoms with Crippen LogP contribution in [0.25, 0.3) is 10.6 Å². The van der Waals surface area contributed by atoms with E-state index in [1.165, 1.54) is 25.6 Å². The molecule has 8 nitrogen and oxygen atoms in total. The smallest absolute Gasteiger partial charge is 0.259 e. The normalized spacial score (nSPS) is 11.4. The molecule has 1 heterocycles. The van der Waals surface area contributed by atoms with Gasteiger partial charge in [-0.3, -0.25) is 14.9 Å². The van der Waals surface area contributed by atoms with Gasteiger partial charge in [0.25, 0.3) is 5.91 Å². The number of nitrogens with zero attached hydrogens (tertiary/aromatic N) is 2. The van der Waals surface area contributed by atoms with E-state index in [1.54, 1.807) is 18.2 Å². The maximum atomic E-state index is 13.3. The van der Waals surface area contributed by atoms with Crippen LogP contribution < -0.4 is 20.1 Å². The fraction of sp³-hybridized carbons (Fsp3) is 0.185. The molecule has 1 aromatic heterocycles. The standard InChI is InChI=1S/C27H26N4O4S/c1-17-9-7-12-19(15-17)26-30-31-27(36-26)29-24(32)20(16-18-10-5-4-6-11-18)28-25(33)23-21(34-2)13-8-14-22(23)35-3/h4-15,20H,16H2,1-3H3,(H,28,33)(H,29,31,32).